The Hall–Kier alpha value is -2.74. The van der Waals surface area contributed by atoms with Crippen molar-refractivity contribution in [3.8, 4) is 11.1 Å². The number of carbonyl (C=O) groups excluding carboxylic acids is 1. The number of hydrogen-bond donors (Lipinski definition) is 2. The van der Waals surface area contributed by atoms with E-state index in [2.05, 4.69) is 26.0 Å². The van der Waals surface area contributed by atoms with Crippen molar-refractivity contribution >= 4 is 43.0 Å². The van der Waals surface area contributed by atoms with Gasteiger partial charge in [-0.05, 0) is 64.6 Å². The number of hydrogen-bond acceptors (Lipinski definition) is 3. The topological polar surface area (TPSA) is 75.3 Å². The molecule has 32 heavy (non-hydrogen) atoms. The molecular weight excluding hydrogens is 488 g/mol. The molecule has 0 unspecified atom stereocenters. The molecular formula is C25H23BrN2O3S. The number of nitrogens with one attached hydrogen (secondary N) is 2. The van der Waals surface area contributed by atoms with Gasteiger partial charge in [0.15, 0.2) is 0 Å². The molecule has 1 aliphatic heterocycles. The van der Waals surface area contributed by atoms with Gasteiger partial charge in [0.05, 0.1) is 10.5 Å². The summed E-state index contributed by atoms with van der Waals surface area (Å²) in [5, 5.41) is 2.93. The second kappa shape index (κ2) is 9.40. The molecule has 3 aromatic rings. The molecule has 0 atom stereocenters. The highest BCUT2D eigenvalue weighted by molar-refractivity contribution is 9.10. The van der Waals surface area contributed by atoms with Gasteiger partial charge >= 0.3 is 0 Å². The fraction of sp³-hybridized carbons (Fsp3) is 0.160. The molecule has 0 aliphatic carbocycles. The molecule has 7 heteroatoms. The first kappa shape index (κ1) is 22.5. The highest BCUT2D eigenvalue weighted by Gasteiger charge is 2.25. The summed E-state index contributed by atoms with van der Waals surface area (Å²) in [7, 11) is -3.51. The Morgan fingerprint density at radius 3 is 2.31 bits per heavy atom. The summed E-state index contributed by atoms with van der Waals surface area (Å²) >= 11 is 3.50. The summed E-state index contributed by atoms with van der Waals surface area (Å²) in [6, 6.07) is 22.5. The molecule has 4 rings (SSSR count). The Balaban J connectivity index is 1.69. The summed E-state index contributed by atoms with van der Waals surface area (Å²) in [4.78, 5) is 12.9. The van der Waals surface area contributed by atoms with Gasteiger partial charge in [-0.15, -0.1) is 0 Å². The van der Waals surface area contributed by atoms with E-state index in [1.165, 1.54) is 0 Å². The SMILES string of the molecule is CCCNS(=O)(=O)c1ccc(-c2cccc(C3=C(c4cccc(Br)c4)CNC3=O)c2)cc1. The van der Waals surface area contributed by atoms with Crippen molar-refractivity contribution < 1.29 is 13.2 Å². The van der Waals surface area contributed by atoms with Crippen molar-refractivity contribution in [3.63, 3.8) is 0 Å². The smallest absolute Gasteiger partial charge is 0.252 e. The zero-order valence-corrected chi connectivity index (χ0v) is 20.0. The van der Waals surface area contributed by atoms with Gasteiger partial charge in [-0.1, -0.05) is 65.3 Å². The monoisotopic (exact) mass is 510 g/mol. The minimum atomic E-state index is -3.51. The summed E-state index contributed by atoms with van der Waals surface area (Å²) in [5.74, 6) is -0.0967. The van der Waals surface area contributed by atoms with Crippen LogP contribution in [0.4, 0.5) is 0 Å². The first-order valence-corrected chi connectivity index (χ1v) is 12.6. The Morgan fingerprint density at radius 2 is 1.59 bits per heavy atom. The lowest BCUT2D eigenvalue weighted by atomic mass is 9.94. The lowest BCUT2D eigenvalue weighted by molar-refractivity contribution is -0.114. The van der Waals surface area contributed by atoms with Crippen LogP contribution in [0.1, 0.15) is 24.5 Å². The number of amides is 1. The second-order valence-electron chi connectivity index (χ2n) is 7.55. The normalized spacial score (nSPS) is 14.0. The largest absolute Gasteiger partial charge is 0.348 e. The van der Waals surface area contributed by atoms with Crippen LogP contribution in [0.3, 0.4) is 0 Å². The van der Waals surface area contributed by atoms with E-state index in [1.807, 2.05) is 55.5 Å². The number of sulfonamides is 1. The predicted octanol–water partition coefficient (Wildman–Crippen LogP) is 4.85. The lowest BCUT2D eigenvalue weighted by Crippen LogP contribution is -2.24. The third-order valence-corrected chi connectivity index (χ3v) is 7.29. The third-order valence-electron chi connectivity index (χ3n) is 5.32. The Kier molecular flexibility index (Phi) is 6.60. The number of carbonyl (C=O) groups is 1. The highest BCUT2D eigenvalue weighted by Crippen LogP contribution is 2.33. The van der Waals surface area contributed by atoms with E-state index in [-0.39, 0.29) is 10.8 Å². The first-order valence-electron chi connectivity index (χ1n) is 10.4. The van der Waals surface area contributed by atoms with Crippen molar-refractivity contribution in [1.82, 2.24) is 10.0 Å². The van der Waals surface area contributed by atoms with Crippen molar-refractivity contribution in [3.05, 3.63) is 88.4 Å². The molecule has 5 nitrogen and oxygen atoms in total. The molecule has 3 aromatic carbocycles. The van der Waals surface area contributed by atoms with Gasteiger partial charge in [0.25, 0.3) is 5.91 Å². The molecule has 1 aliphatic rings. The lowest BCUT2D eigenvalue weighted by Gasteiger charge is -2.10. The summed E-state index contributed by atoms with van der Waals surface area (Å²) in [5.41, 5.74) is 5.23. The van der Waals surface area contributed by atoms with Gasteiger partial charge in [0.1, 0.15) is 0 Å². The van der Waals surface area contributed by atoms with Gasteiger partial charge in [-0.2, -0.15) is 0 Å². The van der Waals surface area contributed by atoms with Crippen LogP contribution >= 0.6 is 15.9 Å². The van der Waals surface area contributed by atoms with Crippen molar-refractivity contribution in [1.29, 1.82) is 0 Å². The number of benzene rings is 3. The van der Waals surface area contributed by atoms with Crippen LogP contribution in [0.2, 0.25) is 0 Å². The van der Waals surface area contributed by atoms with Crippen LogP contribution in [0.5, 0.6) is 0 Å². The summed E-state index contributed by atoms with van der Waals surface area (Å²) < 4.78 is 28.2. The Labute approximate surface area is 196 Å². The molecule has 0 saturated heterocycles. The fourth-order valence-electron chi connectivity index (χ4n) is 3.71. The molecule has 2 N–H and O–H groups in total. The van der Waals surface area contributed by atoms with Gasteiger partial charge in [-0.3, -0.25) is 4.79 Å². The first-order chi connectivity index (χ1) is 15.4. The minimum absolute atomic E-state index is 0.0967. The molecule has 0 aromatic heterocycles. The number of halogens is 1. The fourth-order valence-corrected chi connectivity index (χ4v) is 5.24. The molecule has 0 spiro atoms. The molecule has 0 saturated carbocycles. The molecule has 0 bridgehead atoms. The quantitative estimate of drug-likeness (QED) is 0.477. The predicted molar refractivity (Wildman–Crippen MR) is 131 cm³/mol. The van der Waals surface area contributed by atoms with Crippen LogP contribution in [0.15, 0.2) is 82.2 Å². The molecule has 1 amide bonds. The van der Waals surface area contributed by atoms with Crippen LogP contribution in [0, 0.1) is 0 Å². The van der Waals surface area contributed by atoms with Gasteiger partial charge in [0, 0.05) is 17.6 Å². The molecule has 164 valence electrons. The maximum absolute atomic E-state index is 12.7. The zero-order chi connectivity index (χ0) is 22.7. The van der Waals surface area contributed by atoms with Gasteiger partial charge in [0.2, 0.25) is 10.0 Å². The van der Waals surface area contributed by atoms with Crippen LogP contribution < -0.4 is 10.0 Å². The van der Waals surface area contributed by atoms with E-state index in [4.69, 9.17) is 0 Å². The highest BCUT2D eigenvalue weighted by atomic mass is 79.9. The van der Waals surface area contributed by atoms with Gasteiger partial charge < -0.3 is 5.32 Å². The molecule has 0 radical (unpaired) electrons. The summed E-state index contributed by atoms with van der Waals surface area (Å²) in [6.45, 7) is 2.80. The third kappa shape index (κ3) is 4.70. The standard InChI is InChI=1S/C25H23BrN2O3S/c1-2-13-28-32(30,31)22-11-9-17(10-12-22)18-5-3-7-20(14-18)24-23(16-27-25(24)29)19-6-4-8-21(26)15-19/h3-12,14-15,28H,2,13,16H2,1H3,(H,27,29). The van der Waals surface area contributed by atoms with Crippen molar-refractivity contribution in [2.75, 3.05) is 13.1 Å². The maximum atomic E-state index is 12.7. The van der Waals surface area contributed by atoms with E-state index in [1.54, 1.807) is 24.3 Å². The average Bonchev–Trinajstić information content (AvgIpc) is 3.19. The molecule has 0 fully saturated rings. The molecule has 1 heterocycles. The van der Waals surface area contributed by atoms with E-state index >= 15 is 0 Å². The average molecular weight is 511 g/mol. The maximum Gasteiger partial charge on any atom is 0.252 e. The van der Waals surface area contributed by atoms with E-state index in [0.29, 0.717) is 18.7 Å². The van der Waals surface area contributed by atoms with Crippen LogP contribution in [0.25, 0.3) is 22.3 Å². The van der Waals surface area contributed by atoms with E-state index in [9.17, 15) is 13.2 Å². The van der Waals surface area contributed by atoms with E-state index in [0.717, 1.165) is 38.7 Å². The summed E-state index contributed by atoms with van der Waals surface area (Å²) in [6.07, 6.45) is 0.732. The second-order valence-corrected chi connectivity index (χ2v) is 10.2. The van der Waals surface area contributed by atoms with Crippen molar-refractivity contribution in [2.24, 2.45) is 0 Å². The number of rotatable bonds is 7. The Bertz CT molecular complexity index is 1300. The van der Waals surface area contributed by atoms with Crippen molar-refractivity contribution in [2.45, 2.75) is 18.2 Å². The van der Waals surface area contributed by atoms with Crippen LogP contribution in [-0.2, 0) is 14.8 Å². The Morgan fingerprint density at radius 1 is 0.906 bits per heavy atom. The minimum Gasteiger partial charge on any atom is -0.348 e. The van der Waals surface area contributed by atoms with Gasteiger partial charge in [-0.25, -0.2) is 13.1 Å². The zero-order valence-electron chi connectivity index (χ0n) is 17.6. The van der Waals surface area contributed by atoms with Crippen LogP contribution in [-0.4, -0.2) is 27.4 Å². The van der Waals surface area contributed by atoms with E-state index < -0.39 is 10.0 Å².